The van der Waals surface area contributed by atoms with Gasteiger partial charge in [-0.3, -0.25) is 0 Å². The molecule has 0 aliphatic rings. The van der Waals surface area contributed by atoms with Crippen LogP contribution in [0, 0.1) is 12.7 Å². The minimum atomic E-state index is -0.548. The van der Waals surface area contributed by atoms with Gasteiger partial charge in [0.15, 0.2) is 0 Å². The van der Waals surface area contributed by atoms with Crippen LogP contribution in [0.2, 0.25) is 5.02 Å². The summed E-state index contributed by atoms with van der Waals surface area (Å²) in [6, 6.07) is 4.20. The average Bonchev–Trinajstić information content (AvgIpc) is 2.38. The van der Waals surface area contributed by atoms with Gasteiger partial charge in [-0.2, -0.15) is 4.98 Å². The molecule has 1 heterocycles. The molecule has 106 valence electrons. The summed E-state index contributed by atoms with van der Waals surface area (Å²) in [6.45, 7) is 5.66. The summed E-state index contributed by atoms with van der Waals surface area (Å²) < 4.78 is 19.0. The quantitative estimate of drug-likeness (QED) is 0.927. The van der Waals surface area contributed by atoms with Crippen LogP contribution in [0.4, 0.5) is 10.2 Å². The molecule has 0 atom stereocenters. The minimum Gasteiger partial charge on any atom is -0.438 e. The van der Waals surface area contributed by atoms with E-state index < -0.39 is 5.82 Å². The maximum atomic E-state index is 13.4. The Bertz CT molecular complexity index is 647. The molecular formula is C14H15ClFN3O. The van der Waals surface area contributed by atoms with Gasteiger partial charge in [0.2, 0.25) is 5.88 Å². The van der Waals surface area contributed by atoms with E-state index in [1.807, 2.05) is 13.8 Å². The van der Waals surface area contributed by atoms with E-state index in [2.05, 4.69) is 9.97 Å². The van der Waals surface area contributed by atoms with Gasteiger partial charge in [0.05, 0.1) is 10.6 Å². The topological polar surface area (TPSA) is 61.0 Å². The molecule has 0 fully saturated rings. The Morgan fingerprint density at radius 1 is 1.30 bits per heavy atom. The van der Waals surface area contributed by atoms with Crippen molar-refractivity contribution >= 4 is 17.4 Å². The fraction of sp³-hybridized carbons (Fsp3) is 0.286. The molecule has 20 heavy (non-hydrogen) atoms. The van der Waals surface area contributed by atoms with E-state index in [0.29, 0.717) is 28.8 Å². The van der Waals surface area contributed by atoms with Crippen LogP contribution in [0.15, 0.2) is 18.2 Å². The summed E-state index contributed by atoms with van der Waals surface area (Å²) in [7, 11) is 0. The van der Waals surface area contributed by atoms with Crippen molar-refractivity contribution in [3.8, 4) is 11.6 Å². The maximum absolute atomic E-state index is 13.4. The van der Waals surface area contributed by atoms with Gasteiger partial charge in [-0.1, -0.05) is 25.4 Å². The highest BCUT2D eigenvalue weighted by Crippen LogP contribution is 2.29. The molecule has 0 saturated carbocycles. The summed E-state index contributed by atoms with van der Waals surface area (Å²) in [4.78, 5) is 8.51. The Balaban J connectivity index is 2.39. The molecule has 0 radical (unpaired) electrons. The van der Waals surface area contributed by atoms with Crippen LogP contribution < -0.4 is 10.5 Å². The van der Waals surface area contributed by atoms with Crippen LogP contribution in [-0.2, 0) is 0 Å². The highest BCUT2D eigenvalue weighted by molar-refractivity contribution is 6.30. The first kappa shape index (κ1) is 14.5. The summed E-state index contributed by atoms with van der Waals surface area (Å²) in [5.41, 5.74) is 6.46. The Labute approximate surface area is 121 Å². The van der Waals surface area contributed by atoms with Crippen molar-refractivity contribution in [3.05, 3.63) is 40.4 Å². The molecule has 0 bridgehead atoms. The second-order valence-electron chi connectivity index (χ2n) is 4.73. The van der Waals surface area contributed by atoms with E-state index in [1.54, 1.807) is 13.0 Å². The van der Waals surface area contributed by atoms with E-state index in [4.69, 9.17) is 22.1 Å². The number of anilines is 1. The molecule has 0 aliphatic heterocycles. The smallest absolute Gasteiger partial charge is 0.227 e. The molecule has 0 spiro atoms. The van der Waals surface area contributed by atoms with Gasteiger partial charge >= 0.3 is 0 Å². The minimum absolute atomic E-state index is 0.0409. The molecule has 0 amide bonds. The van der Waals surface area contributed by atoms with Crippen molar-refractivity contribution in [1.29, 1.82) is 0 Å². The van der Waals surface area contributed by atoms with Gasteiger partial charge in [-0.25, -0.2) is 9.37 Å². The standard InChI is InChI=1S/C14H15ClFN3O/c1-7(2)13-18-12(17)8(3)14(19-13)20-9-4-5-10(15)11(16)6-9/h4-7H,1-3H3,(H2,17,18,19). The normalized spacial score (nSPS) is 10.9. The molecule has 2 rings (SSSR count). The number of benzene rings is 1. The largest absolute Gasteiger partial charge is 0.438 e. The summed E-state index contributed by atoms with van der Waals surface area (Å²) in [6.07, 6.45) is 0. The Kier molecular flexibility index (Phi) is 4.09. The monoisotopic (exact) mass is 295 g/mol. The molecule has 1 aromatic heterocycles. The zero-order valence-corrected chi connectivity index (χ0v) is 12.2. The number of aromatic nitrogens is 2. The summed E-state index contributed by atoms with van der Waals surface area (Å²) >= 11 is 5.63. The van der Waals surface area contributed by atoms with Crippen LogP contribution in [-0.4, -0.2) is 9.97 Å². The van der Waals surface area contributed by atoms with Crippen LogP contribution in [0.3, 0.4) is 0 Å². The molecule has 1 aromatic carbocycles. The third-order valence-corrected chi connectivity index (χ3v) is 3.08. The lowest BCUT2D eigenvalue weighted by Gasteiger charge is -2.12. The maximum Gasteiger partial charge on any atom is 0.227 e. The van der Waals surface area contributed by atoms with Gasteiger partial charge in [-0.05, 0) is 19.1 Å². The number of hydrogen-bond donors (Lipinski definition) is 1. The van der Waals surface area contributed by atoms with Gasteiger partial charge in [0, 0.05) is 12.0 Å². The zero-order valence-electron chi connectivity index (χ0n) is 11.4. The van der Waals surface area contributed by atoms with Gasteiger partial charge in [0.1, 0.15) is 23.2 Å². The van der Waals surface area contributed by atoms with E-state index in [0.717, 1.165) is 0 Å². The lowest BCUT2D eigenvalue weighted by Crippen LogP contribution is -2.06. The van der Waals surface area contributed by atoms with Crippen molar-refractivity contribution < 1.29 is 9.13 Å². The second-order valence-corrected chi connectivity index (χ2v) is 5.14. The average molecular weight is 296 g/mol. The summed E-state index contributed by atoms with van der Waals surface area (Å²) in [5, 5.41) is 0.0409. The van der Waals surface area contributed by atoms with Crippen molar-refractivity contribution in [2.45, 2.75) is 26.7 Å². The molecule has 0 saturated heterocycles. The highest BCUT2D eigenvalue weighted by Gasteiger charge is 2.13. The van der Waals surface area contributed by atoms with Crippen molar-refractivity contribution in [1.82, 2.24) is 9.97 Å². The molecule has 2 N–H and O–H groups in total. The SMILES string of the molecule is Cc1c(N)nc(C(C)C)nc1Oc1ccc(Cl)c(F)c1. The first-order valence-electron chi connectivity index (χ1n) is 6.15. The second kappa shape index (κ2) is 5.63. The van der Waals surface area contributed by atoms with Crippen LogP contribution in [0.25, 0.3) is 0 Å². The Morgan fingerprint density at radius 3 is 2.60 bits per heavy atom. The first-order valence-corrected chi connectivity index (χ1v) is 6.53. The predicted molar refractivity (Wildman–Crippen MR) is 76.8 cm³/mol. The van der Waals surface area contributed by atoms with Gasteiger partial charge in [-0.15, -0.1) is 0 Å². The highest BCUT2D eigenvalue weighted by atomic mass is 35.5. The van der Waals surface area contributed by atoms with E-state index in [-0.39, 0.29) is 10.9 Å². The van der Waals surface area contributed by atoms with Crippen LogP contribution in [0.1, 0.15) is 31.2 Å². The van der Waals surface area contributed by atoms with Gasteiger partial charge in [0.25, 0.3) is 0 Å². The Hall–Kier alpha value is -1.88. The van der Waals surface area contributed by atoms with Crippen LogP contribution in [0.5, 0.6) is 11.6 Å². The lowest BCUT2D eigenvalue weighted by atomic mass is 10.2. The molecule has 0 unspecified atom stereocenters. The zero-order chi connectivity index (χ0) is 14.9. The molecule has 4 nitrogen and oxygen atoms in total. The molecule has 0 aliphatic carbocycles. The molecule has 6 heteroatoms. The number of halogens is 2. The third-order valence-electron chi connectivity index (χ3n) is 2.78. The van der Waals surface area contributed by atoms with Crippen LogP contribution >= 0.6 is 11.6 Å². The number of rotatable bonds is 3. The molecular weight excluding hydrogens is 281 g/mol. The van der Waals surface area contributed by atoms with Crippen molar-refractivity contribution in [2.24, 2.45) is 0 Å². The van der Waals surface area contributed by atoms with Gasteiger partial charge < -0.3 is 10.5 Å². The fourth-order valence-electron chi connectivity index (χ4n) is 1.54. The Morgan fingerprint density at radius 2 is 2.00 bits per heavy atom. The summed E-state index contributed by atoms with van der Waals surface area (Å²) in [5.74, 6) is 1.13. The number of nitrogens with two attached hydrogens (primary N) is 1. The van der Waals surface area contributed by atoms with Crippen molar-refractivity contribution in [2.75, 3.05) is 5.73 Å². The third kappa shape index (κ3) is 2.99. The van der Waals surface area contributed by atoms with Crippen molar-refractivity contribution in [3.63, 3.8) is 0 Å². The first-order chi connectivity index (χ1) is 9.38. The van der Waals surface area contributed by atoms with E-state index >= 15 is 0 Å². The lowest BCUT2D eigenvalue weighted by molar-refractivity contribution is 0.449. The number of nitrogens with zero attached hydrogens (tertiary/aromatic N) is 2. The number of hydrogen-bond acceptors (Lipinski definition) is 4. The fourth-order valence-corrected chi connectivity index (χ4v) is 1.66. The molecule has 2 aromatic rings. The predicted octanol–water partition coefficient (Wildman–Crippen LogP) is 4.08. The number of nitrogen functional groups attached to an aromatic ring is 1. The number of ether oxygens (including phenoxy) is 1. The van der Waals surface area contributed by atoms with E-state index in [1.165, 1.54) is 12.1 Å². The van der Waals surface area contributed by atoms with E-state index in [9.17, 15) is 4.39 Å².